The van der Waals surface area contributed by atoms with E-state index in [1.54, 1.807) is 24.3 Å². The van der Waals surface area contributed by atoms with Crippen LogP contribution < -0.4 is 11.1 Å². The minimum atomic E-state index is -0.614. The maximum Gasteiger partial charge on any atom is 0.316 e. The lowest BCUT2D eigenvalue weighted by molar-refractivity contribution is -0.103. The predicted octanol–water partition coefficient (Wildman–Crippen LogP) is 0.728. The Balaban J connectivity index is 2.78. The van der Waals surface area contributed by atoms with Gasteiger partial charge < -0.3 is 11.1 Å². The van der Waals surface area contributed by atoms with E-state index in [1.165, 1.54) is 0 Å². The number of hydrogen-bond donors (Lipinski definition) is 2. The molecule has 0 spiro atoms. The fraction of sp³-hybridized carbons (Fsp3) is 0. The van der Waals surface area contributed by atoms with Crippen LogP contribution in [0.25, 0.3) is 0 Å². The molecule has 0 saturated carbocycles. The van der Waals surface area contributed by atoms with Gasteiger partial charge in [0.1, 0.15) is 0 Å². The molecule has 0 fully saturated rings. The number of nitrogens with one attached hydrogen (secondary N) is 1. The van der Waals surface area contributed by atoms with Gasteiger partial charge in [0.15, 0.2) is 6.29 Å². The Bertz CT molecular complexity index is 398. The lowest BCUT2D eigenvalue weighted by atomic mass is 10.2. The second kappa shape index (κ2) is 4.67. The highest BCUT2D eigenvalue weighted by molar-refractivity contribution is 5.87. The Labute approximate surface area is 81.1 Å². The van der Waals surface area contributed by atoms with Crippen molar-refractivity contribution in [2.45, 2.75) is 0 Å². The number of rotatable bonds is 1. The van der Waals surface area contributed by atoms with Gasteiger partial charge in [0.25, 0.3) is 0 Å². The van der Waals surface area contributed by atoms with Gasteiger partial charge in [-0.15, -0.1) is 0 Å². The third-order valence-electron chi connectivity index (χ3n) is 1.43. The Hall–Kier alpha value is -2.28. The van der Waals surface area contributed by atoms with Gasteiger partial charge in [0, 0.05) is 11.3 Å². The van der Waals surface area contributed by atoms with Gasteiger partial charge in [-0.3, -0.25) is 4.79 Å². The Morgan fingerprint density at radius 2 is 2.00 bits per heavy atom. The molecule has 1 rings (SSSR count). The van der Waals surface area contributed by atoms with E-state index in [0.29, 0.717) is 17.5 Å². The SMILES string of the molecule is NC(=O)Nc1ccc(C#CC=O)cc1. The molecule has 0 saturated heterocycles. The van der Waals surface area contributed by atoms with Crippen molar-refractivity contribution in [2.24, 2.45) is 5.73 Å². The summed E-state index contributed by atoms with van der Waals surface area (Å²) in [4.78, 5) is 20.4. The van der Waals surface area contributed by atoms with E-state index in [2.05, 4.69) is 17.2 Å². The van der Waals surface area contributed by atoms with Crippen LogP contribution >= 0.6 is 0 Å². The maximum atomic E-state index is 10.5. The van der Waals surface area contributed by atoms with Gasteiger partial charge in [-0.25, -0.2) is 4.79 Å². The molecule has 4 heteroatoms. The number of primary amides is 1. The van der Waals surface area contributed by atoms with Crippen molar-refractivity contribution < 1.29 is 9.59 Å². The van der Waals surface area contributed by atoms with E-state index < -0.39 is 6.03 Å². The van der Waals surface area contributed by atoms with Gasteiger partial charge in [0.2, 0.25) is 0 Å². The van der Waals surface area contributed by atoms with Crippen molar-refractivity contribution in [1.29, 1.82) is 0 Å². The van der Waals surface area contributed by atoms with Gasteiger partial charge in [0.05, 0.1) is 0 Å². The van der Waals surface area contributed by atoms with E-state index in [9.17, 15) is 9.59 Å². The van der Waals surface area contributed by atoms with Gasteiger partial charge in [-0.1, -0.05) is 5.92 Å². The summed E-state index contributed by atoms with van der Waals surface area (Å²) in [5.41, 5.74) is 6.21. The molecule has 14 heavy (non-hydrogen) atoms. The predicted molar refractivity (Wildman–Crippen MR) is 52.6 cm³/mol. The van der Waals surface area contributed by atoms with E-state index in [0.717, 1.165) is 0 Å². The molecule has 0 radical (unpaired) electrons. The molecule has 0 atom stereocenters. The fourth-order valence-corrected chi connectivity index (χ4v) is 0.892. The molecule has 2 amide bonds. The Morgan fingerprint density at radius 1 is 1.36 bits per heavy atom. The summed E-state index contributed by atoms with van der Waals surface area (Å²) < 4.78 is 0. The molecular formula is C10H8N2O2. The van der Waals surface area contributed by atoms with E-state index >= 15 is 0 Å². The summed E-state index contributed by atoms with van der Waals surface area (Å²) in [7, 11) is 0. The van der Waals surface area contributed by atoms with Gasteiger partial charge in [-0.2, -0.15) is 0 Å². The number of carbonyl (C=O) groups is 2. The fourth-order valence-electron chi connectivity index (χ4n) is 0.892. The average Bonchev–Trinajstić information content (AvgIpc) is 2.16. The molecule has 0 heterocycles. The first-order chi connectivity index (χ1) is 6.72. The van der Waals surface area contributed by atoms with Crippen LogP contribution in [0.3, 0.4) is 0 Å². The molecule has 0 aliphatic carbocycles. The molecule has 70 valence electrons. The van der Waals surface area contributed by atoms with E-state index in [-0.39, 0.29) is 0 Å². The summed E-state index contributed by atoms with van der Waals surface area (Å²) in [5, 5.41) is 2.41. The molecule has 4 nitrogen and oxygen atoms in total. The van der Waals surface area contributed by atoms with Crippen LogP contribution in [0, 0.1) is 11.8 Å². The Kier molecular flexibility index (Phi) is 3.27. The summed E-state index contributed by atoms with van der Waals surface area (Å²) in [6.45, 7) is 0. The molecule has 1 aromatic rings. The highest BCUT2D eigenvalue weighted by Gasteiger charge is 1.94. The van der Waals surface area contributed by atoms with Crippen LogP contribution in [0.5, 0.6) is 0 Å². The monoisotopic (exact) mass is 188 g/mol. The highest BCUT2D eigenvalue weighted by atomic mass is 16.2. The Morgan fingerprint density at radius 3 is 2.50 bits per heavy atom. The molecule has 3 N–H and O–H groups in total. The zero-order valence-electron chi connectivity index (χ0n) is 7.28. The molecule has 0 aliphatic rings. The number of hydrogen-bond acceptors (Lipinski definition) is 2. The summed E-state index contributed by atoms with van der Waals surface area (Å²) in [5.74, 6) is 4.90. The molecule has 0 aliphatic heterocycles. The number of anilines is 1. The van der Waals surface area contributed by atoms with E-state index in [1.807, 2.05) is 0 Å². The van der Waals surface area contributed by atoms with Crippen LogP contribution in [-0.4, -0.2) is 12.3 Å². The molecule has 0 aromatic heterocycles. The van der Waals surface area contributed by atoms with Crippen LogP contribution in [0.2, 0.25) is 0 Å². The number of urea groups is 1. The first kappa shape index (κ1) is 9.81. The molecular weight excluding hydrogens is 180 g/mol. The van der Waals surface area contributed by atoms with Crippen molar-refractivity contribution in [3.8, 4) is 11.8 Å². The summed E-state index contributed by atoms with van der Waals surface area (Å²) >= 11 is 0. The first-order valence-electron chi connectivity index (χ1n) is 3.84. The third kappa shape index (κ3) is 2.99. The van der Waals surface area contributed by atoms with Crippen LogP contribution in [-0.2, 0) is 4.79 Å². The zero-order chi connectivity index (χ0) is 10.4. The maximum absolute atomic E-state index is 10.5. The first-order valence-corrected chi connectivity index (χ1v) is 3.84. The number of nitrogens with two attached hydrogens (primary N) is 1. The smallest absolute Gasteiger partial charge is 0.316 e. The van der Waals surface area contributed by atoms with Crippen LogP contribution in [0.15, 0.2) is 24.3 Å². The standard InChI is InChI=1S/C10H8N2O2/c11-10(14)12-9-5-3-8(4-6-9)2-1-7-13/h3-7H,(H3,11,12,14). The van der Waals surface area contributed by atoms with E-state index in [4.69, 9.17) is 5.73 Å². The van der Waals surface area contributed by atoms with Crippen LogP contribution in [0.4, 0.5) is 10.5 Å². The lowest BCUT2D eigenvalue weighted by Crippen LogP contribution is -2.19. The van der Waals surface area contributed by atoms with Crippen molar-refractivity contribution in [3.05, 3.63) is 29.8 Å². The van der Waals surface area contributed by atoms with Crippen molar-refractivity contribution in [2.75, 3.05) is 5.32 Å². The van der Waals surface area contributed by atoms with Crippen molar-refractivity contribution in [1.82, 2.24) is 0 Å². The summed E-state index contributed by atoms with van der Waals surface area (Å²) in [6, 6.07) is 6.06. The summed E-state index contributed by atoms with van der Waals surface area (Å²) in [6.07, 6.45) is 0.523. The largest absolute Gasteiger partial charge is 0.351 e. The number of aldehydes is 1. The zero-order valence-corrected chi connectivity index (χ0v) is 7.28. The van der Waals surface area contributed by atoms with Crippen molar-refractivity contribution >= 4 is 18.0 Å². The third-order valence-corrected chi connectivity index (χ3v) is 1.43. The lowest BCUT2D eigenvalue weighted by Gasteiger charge is -1.99. The minimum absolute atomic E-state index is 0.523. The average molecular weight is 188 g/mol. The normalized spacial score (nSPS) is 8.29. The highest BCUT2D eigenvalue weighted by Crippen LogP contribution is 2.07. The van der Waals surface area contributed by atoms with Crippen LogP contribution in [0.1, 0.15) is 5.56 Å². The topological polar surface area (TPSA) is 72.2 Å². The second-order valence-corrected chi connectivity index (χ2v) is 2.45. The van der Waals surface area contributed by atoms with Gasteiger partial charge >= 0.3 is 6.03 Å². The van der Waals surface area contributed by atoms with Gasteiger partial charge in [-0.05, 0) is 30.2 Å². The molecule has 0 unspecified atom stereocenters. The minimum Gasteiger partial charge on any atom is -0.351 e. The molecule has 1 aromatic carbocycles. The van der Waals surface area contributed by atoms with Crippen molar-refractivity contribution in [3.63, 3.8) is 0 Å². The number of amides is 2. The quantitative estimate of drug-likeness (QED) is 0.503. The molecule has 0 bridgehead atoms. The number of benzene rings is 1. The second-order valence-electron chi connectivity index (χ2n) is 2.45. The number of carbonyl (C=O) groups excluding carboxylic acids is 2.